The maximum atomic E-state index is 13.4. The highest BCUT2D eigenvalue weighted by Crippen LogP contribution is 2.53. The van der Waals surface area contributed by atoms with Crippen LogP contribution in [0.4, 0.5) is 0 Å². The highest BCUT2D eigenvalue weighted by molar-refractivity contribution is 7.51. The maximum Gasteiger partial charge on any atom is 0.515 e. The van der Waals surface area contributed by atoms with E-state index in [4.69, 9.17) is 13.8 Å². The van der Waals surface area contributed by atoms with Gasteiger partial charge in [0.1, 0.15) is 11.5 Å². The first-order chi connectivity index (χ1) is 11.2. The van der Waals surface area contributed by atoms with Crippen LogP contribution in [0.15, 0.2) is 67.0 Å². The molecule has 0 spiro atoms. The Morgan fingerprint density at radius 2 is 2.00 bits per heavy atom. The van der Waals surface area contributed by atoms with Crippen LogP contribution in [0, 0.1) is 0 Å². The van der Waals surface area contributed by atoms with E-state index in [2.05, 4.69) is 6.58 Å². The van der Waals surface area contributed by atoms with E-state index in [-0.39, 0.29) is 0 Å². The molecular formula is C17H22NO4P. The molecule has 1 heterocycles. The number of morpholine rings is 1. The Labute approximate surface area is 137 Å². The van der Waals surface area contributed by atoms with Crippen LogP contribution in [0.2, 0.25) is 0 Å². The van der Waals surface area contributed by atoms with Gasteiger partial charge in [-0.25, -0.2) is 4.57 Å². The molecule has 2 rings (SSSR count). The molecule has 6 heteroatoms. The second kappa shape index (κ2) is 8.73. The van der Waals surface area contributed by atoms with Gasteiger partial charge in [0.15, 0.2) is 0 Å². The minimum absolute atomic E-state index is 0.397. The molecule has 124 valence electrons. The third-order valence-electron chi connectivity index (χ3n) is 3.17. The number of rotatable bonds is 7. The lowest BCUT2D eigenvalue weighted by Gasteiger charge is -2.32. The van der Waals surface area contributed by atoms with Gasteiger partial charge in [-0.1, -0.05) is 36.9 Å². The third-order valence-corrected chi connectivity index (χ3v) is 5.15. The summed E-state index contributed by atoms with van der Waals surface area (Å²) in [7, 11) is -3.55. The van der Waals surface area contributed by atoms with Crippen LogP contribution in [0.5, 0.6) is 5.75 Å². The predicted molar refractivity (Wildman–Crippen MR) is 91.2 cm³/mol. The molecule has 0 saturated carbocycles. The van der Waals surface area contributed by atoms with Crippen molar-refractivity contribution in [3.8, 4) is 5.75 Å². The first-order valence-electron chi connectivity index (χ1n) is 7.51. The van der Waals surface area contributed by atoms with E-state index in [0.29, 0.717) is 37.8 Å². The van der Waals surface area contributed by atoms with Crippen LogP contribution in [-0.4, -0.2) is 31.0 Å². The topological polar surface area (TPSA) is 48.0 Å². The summed E-state index contributed by atoms with van der Waals surface area (Å²) < 4.78 is 31.9. The fourth-order valence-corrected chi connectivity index (χ4v) is 3.72. The van der Waals surface area contributed by atoms with E-state index < -0.39 is 7.75 Å². The molecule has 0 bridgehead atoms. The van der Waals surface area contributed by atoms with Crippen molar-refractivity contribution in [1.29, 1.82) is 0 Å². The normalized spacial score (nSPS) is 19.3. The molecule has 5 nitrogen and oxygen atoms in total. The molecule has 1 aromatic carbocycles. The van der Waals surface area contributed by atoms with E-state index in [9.17, 15) is 4.57 Å². The molecular weight excluding hydrogens is 313 g/mol. The lowest BCUT2D eigenvalue weighted by molar-refractivity contribution is 0.0606. The van der Waals surface area contributed by atoms with E-state index >= 15 is 0 Å². The number of benzene rings is 1. The van der Waals surface area contributed by atoms with Crippen molar-refractivity contribution >= 4 is 7.75 Å². The average molecular weight is 335 g/mol. The third kappa shape index (κ3) is 5.10. The largest absolute Gasteiger partial charge is 0.515 e. The van der Waals surface area contributed by atoms with E-state index in [0.717, 1.165) is 0 Å². The molecule has 1 aliphatic rings. The fourth-order valence-electron chi connectivity index (χ4n) is 2.01. The molecule has 23 heavy (non-hydrogen) atoms. The Bertz CT molecular complexity index is 606. The lowest BCUT2D eigenvalue weighted by atomic mass is 10.3. The van der Waals surface area contributed by atoms with Gasteiger partial charge in [-0.15, -0.1) is 0 Å². The number of para-hydroxylation sites is 1. The summed E-state index contributed by atoms with van der Waals surface area (Å²) in [5, 5.41) is 0. The summed E-state index contributed by atoms with van der Waals surface area (Å²) >= 11 is 0. The lowest BCUT2D eigenvalue weighted by Crippen LogP contribution is -2.35. The van der Waals surface area contributed by atoms with Gasteiger partial charge in [-0.3, -0.25) is 0 Å². The van der Waals surface area contributed by atoms with Crippen molar-refractivity contribution < 1.29 is 18.3 Å². The highest BCUT2D eigenvalue weighted by atomic mass is 31.2. The first kappa shape index (κ1) is 17.5. The molecule has 0 amide bonds. The summed E-state index contributed by atoms with van der Waals surface area (Å²) in [6.45, 7) is 7.55. The Morgan fingerprint density at radius 1 is 1.30 bits per heavy atom. The van der Waals surface area contributed by atoms with Crippen molar-refractivity contribution in [2.45, 2.75) is 6.92 Å². The van der Waals surface area contributed by atoms with Gasteiger partial charge in [-0.05, 0) is 31.2 Å². The molecule has 1 saturated heterocycles. The van der Waals surface area contributed by atoms with Crippen LogP contribution in [-0.2, 0) is 13.8 Å². The number of allylic oxidation sites excluding steroid dienone is 4. The number of hydrogen-bond donors (Lipinski definition) is 0. The zero-order valence-corrected chi connectivity index (χ0v) is 14.2. The molecule has 0 aliphatic carbocycles. The van der Waals surface area contributed by atoms with E-state index in [1.807, 2.05) is 31.2 Å². The molecule has 0 radical (unpaired) electrons. The Hall–Kier alpha value is -1.81. The van der Waals surface area contributed by atoms with E-state index in [1.54, 1.807) is 29.0 Å². The minimum Gasteiger partial charge on any atom is -0.404 e. The second-order valence-electron chi connectivity index (χ2n) is 4.83. The second-order valence-corrected chi connectivity index (χ2v) is 6.70. The number of nitrogens with zero attached hydrogens (tertiary/aromatic N) is 1. The Balaban J connectivity index is 2.26. The highest BCUT2D eigenvalue weighted by Gasteiger charge is 2.38. The molecule has 1 atom stereocenters. The smallest absolute Gasteiger partial charge is 0.404 e. The summed E-state index contributed by atoms with van der Waals surface area (Å²) in [4.78, 5) is 0. The quantitative estimate of drug-likeness (QED) is 0.425. The van der Waals surface area contributed by atoms with Crippen molar-refractivity contribution in [2.75, 3.05) is 26.3 Å². The van der Waals surface area contributed by atoms with Crippen molar-refractivity contribution in [1.82, 2.24) is 4.67 Å². The monoisotopic (exact) mass is 335 g/mol. The summed E-state index contributed by atoms with van der Waals surface area (Å²) in [5.74, 6) is 0.894. The SMILES string of the molecule is C=C/C(=C\C=C/C)OP(=O)(Oc1ccccc1)N1CCOCC1. The molecule has 1 aromatic rings. The van der Waals surface area contributed by atoms with Crippen LogP contribution in [0.25, 0.3) is 0 Å². The summed E-state index contributed by atoms with van der Waals surface area (Å²) in [6, 6.07) is 9.01. The van der Waals surface area contributed by atoms with Crippen LogP contribution in [0.1, 0.15) is 6.92 Å². The standard InChI is InChI=1S/C17H22NO4P/c1-3-5-9-16(4-2)21-23(19,18-12-14-20-15-13-18)22-17-10-7-6-8-11-17/h3-11H,2,12-15H2,1H3/b5-3-,16-9+. The van der Waals surface area contributed by atoms with Gasteiger partial charge in [-0.2, -0.15) is 4.67 Å². The molecule has 0 aromatic heterocycles. The maximum absolute atomic E-state index is 13.4. The van der Waals surface area contributed by atoms with Gasteiger partial charge in [0.05, 0.1) is 13.2 Å². The Morgan fingerprint density at radius 3 is 2.61 bits per heavy atom. The summed E-state index contributed by atoms with van der Waals surface area (Å²) in [6.07, 6.45) is 6.86. The minimum atomic E-state index is -3.55. The molecule has 1 aliphatic heterocycles. The van der Waals surface area contributed by atoms with Gasteiger partial charge < -0.3 is 13.8 Å². The van der Waals surface area contributed by atoms with Crippen LogP contribution in [0.3, 0.4) is 0 Å². The van der Waals surface area contributed by atoms with Crippen molar-refractivity contribution in [2.24, 2.45) is 0 Å². The fraction of sp³-hybridized carbons (Fsp3) is 0.294. The zero-order valence-electron chi connectivity index (χ0n) is 13.3. The summed E-state index contributed by atoms with van der Waals surface area (Å²) in [5.41, 5.74) is 0. The molecule has 0 N–H and O–H groups in total. The molecule has 1 unspecified atom stereocenters. The van der Waals surface area contributed by atoms with Gasteiger partial charge in [0, 0.05) is 13.1 Å². The number of ether oxygens (including phenoxy) is 1. The van der Waals surface area contributed by atoms with Gasteiger partial charge in [0.2, 0.25) is 0 Å². The molecule has 1 fully saturated rings. The van der Waals surface area contributed by atoms with Crippen LogP contribution >= 0.6 is 7.75 Å². The Kier molecular flexibility index (Phi) is 6.66. The zero-order chi connectivity index (χ0) is 16.5. The van der Waals surface area contributed by atoms with Crippen molar-refractivity contribution in [3.63, 3.8) is 0 Å². The van der Waals surface area contributed by atoms with Gasteiger partial charge in [0.25, 0.3) is 0 Å². The van der Waals surface area contributed by atoms with E-state index in [1.165, 1.54) is 6.08 Å². The first-order valence-corrected chi connectivity index (χ1v) is 9.00. The van der Waals surface area contributed by atoms with Crippen molar-refractivity contribution in [3.05, 3.63) is 67.0 Å². The van der Waals surface area contributed by atoms with Crippen LogP contribution < -0.4 is 4.52 Å². The number of hydrogen-bond acceptors (Lipinski definition) is 4. The average Bonchev–Trinajstić information content (AvgIpc) is 2.60. The predicted octanol–water partition coefficient (Wildman–Crippen LogP) is 4.17. The van der Waals surface area contributed by atoms with Gasteiger partial charge >= 0.3 is 7.75 Å².